The first-order valence-corrected chi connectivity index (χ1v) is 7.29. The molecule has 18 heavy (non-hydrogen) atoms. The van der Waals surface area contributed by atoms with Gasteiger partial charge in [0.05, 0.1) is 0 Å². The van der Waals surface area contributed by atoms with Crippen LogP contribution in [-0.2, 0) is 16.1 Å². The number of thiophene rings is 1. The molecule has 4 nitrogen and oxygen atoms in total. The first-order chi connectivity index (χ1) is 8.75. The second kappa shape index (κ2) is 4.72. The molecule has 5 heteroatoms. The lowest BCUT2D eigenvalue weighted by atomic mass is 10.2. The minimum absolute atomic E-state index is 0.129. The Morgan fingerprint density at radius 2 is 2.22 bits per heavy atom. The van der Waals surface area contributed by atoms with E-state index >= 15 is 0 Å². The predicted octanol–water partition coefficient (Wildman–Crippen LogP) is 1.47. The molecule has 0 aliphatic carbocycles. The number of carbonyl (C=O) groups is 2. The molecule has 1 aromatic heterocycles. The van der Waals surface area contributed by atoms with Gasteiger partial charge in [0.1, 0.15) is 6.04 Å². The molecule has 0 bridgehead atoms. The number of amides is 2. The van der Waals surface area contributed by atoms with Crippen LogP contribution in [0.2, 0.25) is 0 Å². The van der Waals surface area contributed by atoms with Crippen LogP contribution in [-0.4, -0.2) is 40.7 Å². The van der Waals surface area contributed by atoms with Crippen LogP contribution in [0.15, 0.2) is 16.8 Å². The third-order valence-corrected chi connectivity index (χ3v) is 4.45. The van der Waals surface area contributed by atoms with Crippen molar-refractivity contribution in [1.29, 1.82) is 0 Å². The Labute approximate surface area is 110 Å². The summed E-state index contributed by atoms with van der Waals surface area (Å²) >= 11 is 1.64. The van der Waals surface area contributed by atoms with Gasteiger partial charge in [-0.1, -0.05) is 0 Å². The van der Waals surface area contributed by atoms with Gasteiger partial charge in [0.25, 0.3) is 0 Å². The van der Waals surface area contributed by atoms with E-state index in [2.05, 4.69) is 5.38 Å². The van der Waals surface area contributed by atoms with Crippen LogP contribution in [0.1, 0.15) is 24.8 Å². The second-order valence-electron chi connectivity index (χ2n) is 4.89. The molecule has 0 aromatic carbocycles. The molecule has 2 amide bonds. The van der Waals surface area contributed by atoms with Crippen molar-refractivity contribution >= 4 is 23.2 Å². The monoisotopic (exact) mass is 264 g/mol. The molecule has 1 aromatic rings. The molecule has 2 saturated heterocycles. The summed E-state index contributed by atoms with van der Waals surface area (Å²) in [6, 6.07) is 1.84. The maximum atomic E-state index is 12.4. The van der Waals surface area contributed by atoms with Gasteiger partial charge in [-0.25, -0.2) is 0 Å². The van der Waals surface area contributed by atoms with Crippen LogP contribution in [0.3, 0.4) is 0 Å². The van der Waals surface area contributed by atoms with Gasteiger partial charge in [-0.3, -0.25) is 9.59 Å². The van der Waals surface area contributed by atoms with E-state index in [0.29, 0.717) is 19.5 Å². The Balaban J connectivity index is 1.79. The largest absolute Gasteiger partial charge is 0.336 e. The van der Waals surface area contributed by atoms with Crippen molar-refractivity contribution < 1.29 is 9.59 Å². The maximum absolute atomic E-state index is 12.4. The minimum Gasteiger partial charge on any atom is -0.336 e. The van der Waals surface area contributed by atoms with Crippen molar-refractivity contribution in [3.8, 4) is 0 Å². The summed E-state index contributed by atoms with van der Waals surface area (Å²) in [4.78, 5) is 28.0. The van der Waals surface area contributed by atoms with Crippen molar-refractivity contribution in [2.75, 3.05) is 13.1 Å². The Morgan fingerprint density at radius 3 is 3.00 bits per heavy atom. The van der Waals surface area contributed by atoms with Crippen LogP contribution in [0.5, 0.6) is 0 Å². The minimum atomic E-state index is -0.196. The summed E-state index contributed by atoms with van der Waals surface area (Å²) in [5.41, 5.74) is 1.16. The molecule has 2 aliphatic rings. The standard InChI is InChI=1S/C13H16N2O2S/c16-12-3-6-14(8-10-4-7-18-9-10)13(17)11-2-1-5-15(11)12/h4,7,9,11H,1-3,5-6,8H2. The average Bonchev–Trinajstić information content (AvgIpc) is 3.01. The molecule has 0 N–H and O–H groups in total. The summed E-state index contributed by atoms with van der Waals surface area (Å²) in [6.07, 6.45) is 2.24. The van der Waals surface area contributed by atoms with E-state index in [1.165, 1.54) is 0 Å². The lowest BCUT2D eigenvalue weighted by Crippen LogP contribution is -2.43. The fourth-order valence-electron chi connectivity index (χ4n) is 2.78. The molecule has 0 radical (unpaired) electrons. The van der Waals surface area contributed by atoms with E-state index in [9.17, 15) is 9.59 Å². The zero-order chi connectivity index (χ0) is 12.5. The van der Waals surface area contributed by atoms with Crippen molar-refractivity contribution in [1.82, 2.24) is 9.80 Å². The summed E-state index contributed by atoms with van der Waals surface area (Å²) in [5, 5.41) is 4.08. The Hall–Kier alpha value is -1.36. The third kappa shape index (κ3) is 2.03. The van der Waals surface area contributed by atoms with Crippen molar-refractivity contribution in [3.63, 3.8) is 0 Å². The lowest BCUT2D eigenvalue weighted by molar-refractivity contribution is -0.139. The predicted molar refractivity (Wildman–Crippen MR) is 69.1 cm³/mol. The van der Waals surface area contributed by atoms with Gasteiger partial charge in [0.2, 0.25) is 11.8 Å². The fourth-order valence-corrected chi connectivity index (χ4v) is 3.44. The van der Waals surface area contributed by atoms with E-state index in [1.807, 2.05) is 16.3 Å². The van der Waals surface area contributed by atoms with Gasteiger partial charge in [-0.05, 0) is 35.2 Å². The van der Waals surface area contributed by atoms with Gasteiger partial charge in [0.15, 0.2) is 0 Å². The van der Waals surface area contributed by atoms with Crippen LogP contribution in [0, 0.1) is 0 Å². The number of hydrogen-bond donors (Lipinski definition) is 0. The number of fused-ring (bicyclic) bond motifs is 1. The molecule has 0 spiro atoms. The highest BCUT2D eigenvalue weighted by atomic mass is 32.1. The van der Waals surface area contributed by atoms with Crippen LogP contribution >= 0.6 is 11.3 Å². The van der Waals surface area contributed by atoms with Gasteiger partial charge >= 0.3 is 0 Å². The number of carbonyl (C=O) groups excluding carboxylic acids is 2. The molecule has 2 fully saturated rings. The molecular weight excluding hydrogens is 248 g/mol. The number of nitrogens with zero attached hydrogens (tertiary/aromatic N) is 2. The lowest BCUT2D eigenvalue weighted by Gasteiger charge is -2.24. The normalized spacial score (nSPS) is 24.3. The molecule has 3 rings (SSSR count). The highest BCUT2D eigenvalue weighted by Crippen LogP contribution is 2.24. The Kier molecular flexibility index (Phi) is 3.07. The molecule has 0 saturated carbocycles. The molecule has 96 valence electrons. The SMILES string of the molecule is O=C1C2CCCN2C(=O)CCN1Cc1ccsc1. The summed E-state index contributed by atoms with van der Waals surface area (Å²) in [5.74, 6) is 0.267. The zero-order valence-corrected chi connectivity index (χ0v) is 11.0. The number of hydrogen-bond acceptors (Lipinski definition) is 3. The third-order valence-electron chi connectivity index (χ3n) is 3.72. The summed E-state index contributed by atoms with van der Waals surface area (Å²) in [6.45, 7) is 1.95. The fraction of sp³-hybridized carbons (Fsp3) is 0.538. The Bertz CT molecular complexity index is 458. The second-order valence-corrected chi connectivity index (χ2v) is 5.67. The van der Waals surface area contributed by atoms with Crippen LogP contribution in [0.4, 0.5) is 0 Å². The molecule has 1 unspecified atom stereocenters. The molecule has 3 heterocycles. The molecule has 2 aliphatic heterocycles. The van der Waals surface area contributed by atoms with E-state index < -0.39 is 0 Å². The summed E-state index contributed by atoms with van der Waals surface area (Å²) in [7, 11) is 0. The highest BCUT2D eigenvalue weighted by Gasteiger charge is 2.39. The van der Waals surface area contributed by atoms with E-state index in [-0.39, 0.29) is 17.9 Å². The van der Waals surface area contributed by atoms with Crippen molar-refractivity contribution in [2.45, 2.75) is 31.8 Å². The summed E-state index contributed by atoms with van der Waals surface area (Å²) < 4.78 is 0. The zero-order valence-electron chi connectivity index (χ0n) is 10.2. The first kappa shape index (κ1) is 11.7. The van der Waals surface area contributed by atoms with E-state index in [0.717, 1.165) is 24.9 Å². The number of rotatable bonds is 2. The van der Waals surface area contributed by atoms with Crippen LogP contribution < -0.4 is 0 Å². The van der Waals surface area contributed by atoms with Gasteiger partial charge < -0.3 is 9.80 Å². The smallest absolute Gasteiger partial charge is 0.245 e. The van der Waals surface area contributed by atoms with Crippen molar-refractivity contribution in [2.24, 2.45) is 0 Å². The van der Waals surface area contributed by atoms with Gasteiger partial charge in [0, 0.05) is 26.1 Å². The first-order valence-electron chi connectivity index (χ1n) is 6.35. The van der Waals surface area contributed by atoms with Gasteiger partial charge in [-0.2, -0.15) is 11.3 Å². The average molecular weight is 264 g/mol. The van der Waals surface area contributed by atoms with Crippen LogP contribution in [0.25, 0.3) is 0 Å². The van der Waals surface area contributed by atoms with Gasteiger partial charge in [-0.15, -0.1) is 0 Å². The van der Waals surface area contributed by atoms with Crippen molar-refractivity contribution in [3.05, 3.63) is 22.4 Å². The maximum Gasteiger partial charge on any atom is 0.245 e. The molecule has 1 atom stereocenters. The van der Waals surface area contributed by atoms with E-state index in [4.69, 9.17) is 0 Å². The quantitative estimate of drug-likeness (QED) is 0.811. The molecular formula is C13H16N2O2S. The Morgan fingerprint density at radius 1 is 1.33 bits per heavy atom. The highest BCUT2D eigenvalue weighted by molar-refractivity contribution is 7.07. The van der Waals surface area contributed by atoms with E-state index in [1.54, 1.807) is 16.2 Å². The topological polar surface area (TPSA) is 40.6 Å².